The van der Waals surface area contributed by atoms with Gasteiger partial charge in [0.2, 0.25) is 5.91 Å². The molecular weight excluding hydrogens is 511 g/mol. The predicted molar refractivity (Wildman–Crippen MR) is 124 cm³/mol. The van der Waals surface area contributed by atoms with Gasteiger partial charge in [-0.1, -0.05) is 6.08 Å². The van der Waals surface area contributed by atoms with Crippen molar-refractivity contribution in [2.75, 3.05) is 13.3 Å². The number of carbonyl (C=O) groups excluding carboxylic acids is 6. The molecule has 2 heterocycles. The normalized spacial score (nSPS) is 26.0. The van der Waals surface area contributed by atoms with Crippen LogP contribution in [-0.4, -0.2) is 90.5 Å². The minimum atomic E-state index is -1.37. The van der Waals surface area contributed by atoms with Crippen LogP contribution in [-0.2, 0) is 52.6 Å². The number of ether oxygens (including phenoxy) is 4. The number of nitrogens with one attached hydrogen (secondary N) is 1. The number of alkyl halides is 1. The Bertz CT molecular complexity index is 911. The van der Waals surface area contributed by atoms with Crippen LogP contribution >= 0.6 is 0 Å². The maximum Gasteiger partial charge on any atom is 0.303 e. The highest BCUT2D eigenvalue weighted by atomic mass is 19.1. The molecule has 2 fully saturated rings. The number of hydrogen-bond acceptors (Lipinski definition) is 11. The number of rotatable bonds is 14. The fourth-order valence-corrected chi connectivity index (χ4v) is 3.93. The van der Waals surface area contributed by atoms with Gasteiger partial charge in [-0.2, -0.15) is 5.06 Å². The number of amides is 3. The Morgan fingerprint density at radius 1 is 1.11 bits per heavy atom. The lowest BCUT2D eigenvalue weighted by Crippen LogP contribution is -2.66. The molecule has 13 nitrogen and oxygen atoms in total. The second-order valence-electron chi connectivity index (χ2n) is 8.71. The maximum atomic E-state index is 13.8. The third-order valence-electron chi connectivity index (χ3n) is 5.66. The van der Waals surface area contributed by atoms with Crippen LogP contribution in [0.2, 0.25) is 0 Å². The summed E-state index contributed by atoms with van der Waals surface area (Å²) in [5.74, 6) is -3.63. The van der Waals surface area contributed by atoms with Crippen molar-refractivity contribution in [3.05, 3.63) is 12.7 Å². The number of hydroxylamine groups is 2. The van der Waals surface area contributed by atoms with Crippen molar-refractivity contribution in [1.82, 2.24) is 10.4 Å². The van der Waals surface area contributed by atoms with Crippen molar-refractivity contribution in [3.63, 3.8) is 0 Å². The van der Waals surface area contributed by atoms with E-state index in [9.17, 15) is 33.2 Å². The second-order valence-corrected chi connectivity index (χ2v) is 8.71. The fraction of sp³-hybridized carbons (Fsp3) is 0.667. The van der Waals surface area contributed by atoms with E-state index in [1.165, 1.54) is 13.0 Å². The zero-order valence-electron chi connectivity index (χ0n) is 21.5. The van der Waals surface area contributed by atoms with E-state index in [0.29, 0.717) is 5.06 Å². The summed E-state index contributed by atoms with van der Waals surface area (Å²) in [6.07, 6.45) is -5.17. The van der Waals surface area contributed by atoms with Gasteiger partial charge in [0.25, 0.3) is 11.8 Å². The molecule has 6 atom stereocenters. The Kier molecular flexibility index (Phi) is 11.9. The first-order valence-electron chi connectivity index (χ1n) is 12.1. The monoisotopic (exact) mass is 544 g/mol. The van der Waals surface area contributed by atoms with Crippen LogP contribution in [0.1, 0.15) is 52.9 Å². The van der Waals surface area contributed by atoms with E-state index in [0.717, 1.165) is 13.8 Å². The van der Waals surface area contributed by atoms with Gasteiger partial charge in [0.05, 0.1) is 6.61 Å². The van der Waals surface area contributed by atoms with Crippen LogP contribution in [0.4, 0.5) is 4.39 Å². The van der Waals surface area contributed by atoms with E-state index in [1.807, 2.05) is 0 Å². The highest BCUT2D eigenvalue weighted by Gasteiger charge is 2.51. The Labute approximate surface area is 218 Å². The van der Waals surface area contributed by atoms with Crippen molar-refractivity contribution in [2.24, 2.45) is 0 Å². The summed E-state index contributed by atoms with van der Waals surface area (Å²) in [6.45, 7) is 5.96. The maximum absolute atomic E-state index is 13.8. The third kappa shape index (κ3) is 8.67. The van der Waals surface area contributed by atoms with Crippen molar-refractivity contribution >= 4 is 35.4 Å². The van der Waals surface area contributed by atoms with Crippen molar-refractivity contribution in [3.8, 4) is 0 Å². The minimum absolute atomic E-state index is 0.0149. The molecule has 0 radical (unpaired) electrons. The Hall–Kier alpha value is -3.23. The molecule has 0 saturated carbocycles. The van der Waals surface area contributed by atoms with Gasteiger partial charge in [0.1, 0.15) is 24.9 Å². The first-order valence-corrected chi connectivity index (χ1v) is 12.1. The zero-order valence-corrected chi connectivity index (χ0v) is 21.5. The number of ketones is 1. The first kappa shape index (κ1) is 31.0. The molecule has 0 aromatic carbocycles. The van der Waals surface area contributed by atoms with Crippen molar-refractivity contribution < 1.29 is 56.9 Å². The van der Waals surface area contributed by atoms with Gasteiger partial charge in [0.15, 0.2) is 24.3 Å². The van der Waals surface area contributed by atoms with Crippen LogP contribution in [0.5, 0.6) is 0 Å². The van der Waals surface area contributed by atoms with Crippen LogP contribution in [0.25, 0.3) is 0 Å². The second kappa shape index (κ2) is 14.6. The number of carbonyl (C=O) groups is 6. The molecular formula is C24H33FN2O11. The summed E-state index contributed by atoms with van der Waals surface area (Å²) in [4.78, 5) is 77.0. The summed E-state index contributed by atoms with van der Waals surface area (Å²) in [6, 6.07) is -1.19. The molecule has 212 valence electrons. The topological polar surface area (TPSA) is 164 Å². The average Bonchev–Trinajstić information content (AvgIpc) is 3.16. The molecule has 2 saturated heterocycles. The van der Waals surface area contributed by atoms with E-state index in [1.54, 1.807) is 0 Å². The number of hydrogen-bond donors (Lipinski definition) is 1. The lowest BCUT2D eigenvalue weighted by molar-refractivity contribution is -0.271. The van der Waals surface area contributed by atoms with Gasteiger partial charge in [-0.3, -0.25) is 33.6 Å². The quantitative estimate of drug-likeness (QED) is 0.183. The van der Waals surface area contributed by atoms with E-state index >= 15 is 0 Å². The van der Waals surface area contributed by atoms with Crippen LogP contribution < -0.4 is 5.32 Å². The molecule has 3 amide bonds. The molecule has 2 rings (SSSR count). The Morgan fingerprint density at radius 3 is 2.26 bits per heavy atom. The predicted octanol–water partition coefficient (Wildman–Crippen LogP) is 0.440. The van der Waals surface area contributed by atoms with Crippen LogP contribution in [0.15, 0.2) is 12.7 Å². The smallest absolute Gasteiger partial charge is 0.303 e. The van der Waals surface area contributed by atoms with E-state index in [4.69, 9.17) is 23.8 Å². The highest BCUT2D eigenvalue weighted by Crippen LogP contribution is 2.28. The van der Waals surface area contributed by atoms with Gasteiger partial charge in [0, 0.05) is 39.5 Å². The summed E-state index contributed by atoms with van der Waals surface area (Å²) in [5, 5.41) is 3.18. The summed E-state index contributed by atoms with van der Waals surface area (Å²) in [5.41, 5.74) is 0. The number of esters is 2. The van der Waals surface area contributed by atoms with E-state index in [-0.39, 0.29) is 38.7 Å². The van der Waals surface area contributed by atoms with E-state index < -0.39 is 78.9 Å². The van der Waals surface area contributed by atoms with Gasteiger partial charge in [-0.25, -0.2) is 4.39 Å². The zero-order chi connectivity index (χ0) is 28.4. The third-order valence-corrected chi connectivity index (χ3v) is 5.66. The molecule has 1 N–H and O–H groups in total. The molecule has 0 aromatic rings. The number of imide groups is 1. The molecule has 38 heavy (non-hydrogen) atoms. The largest absolute Gasteiger partial charge is 0.456 e. The lowest BCUT2D eigenvalue weighted by atomic mass is 9.96. The minimum Gasteiger partial charge on any atom is -0.456 e. The van der Waals surface area contributed by atoms with Gasteiger partial charge < -0.3 is 24.3 Å². The molecule has 0 spiro atoms. The molecule has 14 heteroatoms. The van der Waals surface area contributed by atoms with Crippen LogP contribution in [0.3, 0.4) is 0 Å². The highest BCUT2D eigenvalue weighted by molar-refractivity contribution is 6.00. The molecule has 0 aliphatic carbocycles. The fourth-order valence-electron chi connectivity index (χ4n) is 3.93. The van der Waals surface area contributed by atoms with Crippen molar-refractivity contribution in [1.29, 1.82) is 0 Å². The molecule has 0 aromatic heterocycles. The lowest BCUT2D eigenvalue weighted by Gasteiger charge is -2.44. The first-order chi connectivity index (χ1) is 18.0. The van der Waals surface area contributed by atoms with Gasteiger partial charge in [-0.15, -0.1) is 6.58 Å². The number of halogens is 1. The standard InChI is InChI=1S/C24H33FN2O11/c1-5-11-34-24-21(23(36-15(4)29)22(35-14(3)28)17(12-25)37-24)26-18(31)8-6-7-16(30)13(2)38-27-19(32)9-10-20(27)33/h5,13,17,21-24H,1,6-12H2,2-4H3,(H,26,31)/t13-,17?,21?,22?,23?,24?/m1/s1. The van der Waals surface area contributed by atoms with Crippen LogP contribution in [0, 0.1) is 0 Å². The SMILES string of the molecule is C=CCOC1OC(CF)C(OC(C)=O)C(OC(C)=O)C1NC(=O)CCCC(=O)[C@@H](C)ON1C(=O)CCC1=O. The molecule has 2 aliphatic rings. The Morgan fingerprint density at radius 2 is 1.71 bits per heavy atom. The summed E-state index contributed by atoms with van der Waals surface area (Å²) < 4.78 is 35.3. The Balaban J connectivity index is 2.04. The number of Topliss-reactive ketones (excluding diaryl/α,β-unsaturated/α-hetero) is 1. The molecule has 0 bridgehead atoms. The average molecular weight is 545 g/mol. The van der Waals surface area contributed by atoms with Crippen molar-refractivity contribution in [2.45, 2.75) is 89.6 Å². The molecule has 5 unspecified atom stereocenters. The number of nitrogens with zero attached hydrogens (tertiary/aromatic N) is 1. The van der Waals surface area contributed by atoms with E-state index in [2.05, 4.69) is 11.9 Å². The molecule has 2 aliphatic heterocycles. The van der Waals surface area contributed by atoms with Gasteiger partial charge in [-0.05, 0) is 13.3 Å². The summed E-state index contributed by atoms with van der Waals surface area (Å²) in [7, 11) is 0. The summed E-state index contributed by atoms with van der Waals surface area (Å²) >= 11 is 0. The van der Waals surface area contributed by atoms with Gasteiger partial charge >= 0.3 is 11.9 Å².